The number of aliphatic hydroxyl groups excluding tert-OH is 1. The molecule has 0 radical (unpaired) electrons. The van der Waals surface area contributed by atoms with Gasteiger partial charge < -0.3 is 10.4 Å². The molecule has 1 aromatic heterocycles. The minimum atomic E-state index is -0.202. The van der Waals surface area contributed by atoms with Crippen LogP contribution in [-0.4, -0.2) is 22.2 Å². The van der Waals surface area contributed by atoms with Crippen molar-refractivity contribution in [2.75, 3.05) is 11.9 Å². The van der Waals surface area contributed by atoms with Gasteiger partial charge in [-0.25, -0.2) is 4.98 Å². The minimum Gasteiger partial charge on any atom is -0.394 e. The zero-order chi connectivity index (χ0) is 14.9. The number of aryl methyl sites for hydroxylation is 1. The van der Waals surface area contributed by atoms with E-state index in [1.165, 1.54) is 12.8 Å². The fourth-order valence-electron chi connectivity index (χ4n) is 3.24. The number of hydrogen-bond acceptors (Lipinski definition) is 3. The summed E-state index contributed by atoms with van der Waals surface area (Å²) >= 11 is 0. The lowest BCUT2D eigenvalue weighted by Gasteiger charge is -2.39. The highest BCUT2D eigenvalue weighted by molar-refractivity contribution is 5.81. The van der Waals surface area contributed by atoms with Crippen molar-refractivity contribution in [2.45, 2.75) is 45.1 Å². The Labute approximate surface area is 126 Å². The second-order valence-electron chi connectivity index (χ2n) is 6.59. The quantitative estimate of drug-likeness (QED) is 0.898. The van der Waals surface area contributed by atoms with Crippen molar-refractivity contribution in [1.29, 1.82) is 0 Å². The van der Waals surface area contributed by atoms with Gasteiger partial charge in [0, 0.05) is 5.39 Å². The second-order valence-corrected chi connectivity index (χ2v) is 6.59. The average Bonchev–Trinajstić information content (AvgIpc) is 2.50. The molecule has 3 nitrogen and oxygen atoms in total. The second kappa shape index (κ2) is 5.64. The molecule has 0 saturated heterocycles. The Balaban J connectivity index is 1.91. The summed E-state index contributed by atoms with van der Waals surface area (Å²) in [5.41, 5.74) is 1.94. The maximum atomic E-state index is 9.90. The molecule has 21 heavy (non-hydrogen) atoms. The van der Waals surface area contributed by atoms with Crippen LogP contribution >= 0.6 is 0 Å². The number of para-hydroxylation sites is 1. The molecule has 0 atom stereocenters. The van der Waals surface area contributed by atoms with Crippen molar-refractivity contribution in [3.63, 3.8) is 0 Å². The topological polar surface area (TPSA) is 45.2 Å². The normalized spacial score (nSPS) is 26.0. The molecule has 1 fully saturated rings. The summed E-state index contributed by atoms with van der Waals surface area (Å²) in [4.78, 5) is 4.76. The summed E-state index contributed by atoms with van der Waals surface area (Å²) < 4.78 is 0. The van der Waals surface area contributed by atoms with Gasteiger partial charge in [-0.05, 0) is 56.2 Å². The van der Waals surface area contributed by atoms with Crippen LogP contribution in [0.25, 0.3) is 10.9 Å². The number of rotatable bonds is 3. The molecule has 3 rings (SSSR count). The zero-order valence-corrected chi connectivity index (χ0v) is 12.9. The van der Waals surface area contributed by atoms with Gasteiger partial charge in [-0.1, -0.05) is 25.1 Å². The molecule has 1 aliphatic rings. The fraction of sp³-hybridized carbons (Fsp3) is 0.500. The molecular weight excluding hydrogens is 260 g/mol. The third-order valence-corrected chi connectivity index (χ3v) is 4.83. The number of aliphatic hydroxyl groups is 1. The van der Waals surface area contributed by atoms with Crippen LogP contribution in [0.5, 0.6) is 0 Å². The smallest absolute Gasteiger partial charge is 0.130 e. The Hall–Kier alpha value is -1.61. The molecule has 0 spiro atoms. The molecule has 1 saturated carbocycles. The summed E-state index contributed by atoms with van der Waals surface area (Å²) in [6.07, 6.45) is 4.36. The number of nitrogens with one attached hydrogen (secondary N) is 1. The maximum Gasteiger partial charge on any atom is 0.130 e. The third-order valence-electron chi connectivity index (χ3n) is 4.83. The summed E-state index contributed by atoms with van der Waals surface area (Å²) in [5, 5.41) is 14.6. The zero-order valence-electron chi connectivity index (χ0n) is 12.9. The number of anilines is 1. The molecule has 2 aromatic rings. The molecule has 1 aliphatic carbocycles. The van der Waals surface area contributed by atoms with Crippen molar-refractivity contribution >= 4 is 16.7 Å². The number of aromatic nitrogens is 1. The largest absolute Gasteiger partial charge is 0.394 e. The standard InChI is InChI=1S/C18H24N2O/c1-13-7-9-18(12-21,10-8-13)20-17-14(2)11-15-5-3-4-6-16(15)19-17/h3-6,11,13,21H,7-10,12H2,1-2H3,(H,19,20). The van der Waals surface area contributed by atoms with Gasteiger partial charge in [-0.3, -0.25) is 0 Å². The Morgan fingerprint density at radius 1 is 1.29 bits per heavy atom. The van der Waals surface area contributed by atoms with Crippen LogP contribution in [0.15, 0.2) is 30.3 Å². The minimum absolute atomic E-state index is 0.174. The van der Waals surface area contributed by atoms with Gasteiger partial charge in [-0.2, -0.15) is 0 Å². The highest BCUT2D eigenvalue weighted by Crippen LogP contribution is 2.35. The van der Waals surface area contributed by atoms with Gasteiger partial charge in [-0.15, -0.1) is 0 Å². The van der Waals surface area contributed by atoms with E-state index in [9.17, 15) is 5.11 Å². The van der Waals surface area contributed by atoms with Crippen LogP contribution in [0, 0.1) is 12.8 Å². The monoisotopic (exact) mass is 284 g/mol. The van der Waals surface area contributed by atoms with E-state index in [0.29, 0.717) is 0 Å². The fourth-order valence-corrected chi connectivity index (χ4v) is 3.24. The Morgan fingerprint density at radius 3 is 2.71 bits per heavy atom. The first-order chi connectivity index (χ1) is 10.1. The molecule has 0 amide bonds. The van der Waals surface area contributed by atoms with Crippen LogP contribution in [-0.2, 0) is 0 Å². The van der Waals surface area contributed by atoms with Crippen LogP contribution in [0.2, 0.25) is 0 Å². The van der Waals surface area contributed by atoms with E-state index < -0.39 is 0 Å². The lowest BCUT2D eigenvalue weighted by Crippen LogP contribution is -2.45. The van der Waals surface area contributed by atoms with E-state index in [2.05, 4.69) is 31.3 Å². The van der Waals surface area contributed by atoms with E-state index in [-0.39, 0.29) is 12.1 Å². The highest BCUT2D eigenvalue weighted by Gasteiger charge is 2.34. The molecule has 3 heteroatoms. The summed E-state index contributed by atoms with van der Waals surface area (Å²) in [5.74, 6) is 1.68. The third kappa shape index (κ3) is 2.88. The Bertz CT molecular complexity index is 630. The van der Waals surface area contributed by atoms with E-state index in [4.69, 9.17) is 4.98 Å². The van der Waals surface area contributed by atoms with Crippen LogP contribution < -0.4 is 5.32 Å². The lowest BCUT2D eigenvalue weighted by molar-refractivity contribution is 0.155. The van der Waals surface area contributed by atoms with Crippen molar-refractivity contribution in [3.05, 3.63) is 35.9 Å². The van der Waals surface area contributed by atoms with Crippen LogP contribution in [0.4, 0.5) is 5.82 Å². The van der Waals surface area contributed by atoms with Crippen molar-refractivity contribution in [3.8, 4) is 0 Å². The Kier molecular flexibility index (Phi) is 3.85. The first kappa shape index (κ1) is 14.3. The van der Waals surface area contributed by atoms with Gasteiger partial charge in [0.2, 0.25) is 0 Å². The molecule has 0 bridgehead atoms. The molecular formula is C18H24N2O. The maximum absolute atomic E-state index is 9.90. The van der Waals surface area contributed by atoms with Gasteiger partial charge in [0.05, 0.1) is 17.7 Å². The average molecular weight is 284 g/mol. The van der Waals surface area contributed by atoms with Gasteiger partial charge in [0.15, 0.2) is 0 Å². The predicted molar refractivity (Wildman–Crippen MR) is 87.6 cm³/mol. The number of benzene rings is 1. The summed E-state index contributed by atoms with van der Waals surface area (Å²) in [7, 11) is 0. The highest BCUT2D eigenvalue weighted by atomic mass is 16.3. The van der Waals surface area contributed by atoms with E-state index in [1.807, 2.05) is 18.2 Å². The van der Waals surface area contributed by atoms with Gasteiger partial charge in [0.1, 0.15) is 5.82 Å². The number of fused-ring (bicyclic) bond motifs is 1. The molecule has 2 N–H and O–H groups in total. The summed E-state index contributed by atoms with van der Waals surface area (Å²) in [6.45, 7) is 4.55. The summed E-state index contributed by atoms with van der Waals surface area (Å²) in [6, 6.07) is 10.3. The van der Waals surface area contributed by atoms with Gasteiger partial charge >= 0.3 is 0 Å². The Morgan fingerprint density at radius 2 is 2.00 bits per heavy atom. The van der Waals surface area contributed by atoms with E-state index in [1.54, 1.807) is 0 Å². The number of nitrogens with zero attached hydrogens (tertiary/aromatic N) is 1. The van der Waals surface area contributed by atoms with Crippen LogP contribution in [0.3, 0.4) is 0 Å². The molecule has 1 aromatic carbocycles. The van der Waals surface area contributed by atoms with Crippen molar-refractivity contribution < 1.29 is 5.11 Å². The molecule has 0 unspecified atom stereocenters. The van der Waals surface area contributed by atoms with E-state index in [0.717, 1.165) is 41.0 Å². The van der Waals surface area contributed by atoms with E-state index >= 15 is 0 Å². The lowest BCUT2D eigenvalue weighted by atomic mass is 9.77. The SMILES string of the molecule is Cc1cc2ccccc2nc1NC1(CO)CCC(C)CC1. The molecule has 112 valence electrons. The predicted octanol–water partition coefficient (Wildman–Crippen LogP) is 3.90. The number of hydrogen-bond donors (Lipinski definition) is 2. The van der Waals surface area contributed by atoms with Gasteiger partial charge in [0.25, 0.3) is 0 Å². The molecule has 0 aliphatic heterocycles. The van der Waals surface area contributed by atoms with Crippen LogP contribution in [0.1, 0.15) is 38.2 Å². The number of pyridine rings is 1. The first-order valence-electron chi connectivity index (χ1n) is 7.87. The molecule has 1 heterocycles. The van der Waals surface area contributed by atoms with Crippen molar-refractivity contribution in [2.24, 2.45) is 5.92 Å². The first-order valence-corrected chi connectivity index (χ1v) is 7.87. The van der Waals surface area contributed by atoms with Crippen molar-refractivity contribution in [1.82, 2.24) is 4.98 Å².